The molecule has 4 nitrogen and oxygen atoms in total. The van der Waals surface area contributed by atoms with Crippen molar-refractivity contribution in [2.24, 2.45) is 0 Å². The fraction of sp³-hybridized carbons (Fsp3) is 0. The molecule has 54 heavy (non-hydrogen) atoms. The van der Waals surface area contributed by atoms with E-state index in [2.05, 4.69) is 140 Å². The van der Waals surface area contributed by atoms with Gasteiger partial charge in [0.2, 0.25) is 0 Å². The average Bonchev–Trinajstić information content (AvgIpc) is 3.92. The molecule has 0 spiro atoms. The van der Waals surface area contributed by atoms with E-state index in [9.17, 15) is 0 Å². The third-order valence-electron chi connectivity index (χ3n) is 11.1. The van der Waals surface area contributed by atoms with Crippen molar-refractivity contribution in [3.05, 3.63) is 170 Å². The van der Waals surface area contributed by atoms with Gasteiger partial charge >= 0.3 is 0 Å². The highest BCUT2D eigenvalue weighted by atomic mass is 16.3. The molecule has 0 amide bonds. The summed E-state index contributed by atoms with van der Waals surface area (Å²) in [6.07, 6.45) is 0. The Bertz CT molecular complexity index is 3300. The molecule has 0 aliphatic heterocycles. The molecule has 1 aliphatic carbocycles. The molecule has 12 rings (SSSR count). The third-order valence-corrected chi connectivity index (χ3v) is 11.1. The Labute approximate surface area is 309 Å². The number of fused-ring (bicyclic) bond motifs is 10. The van der Waals surface area contributed by atoms with Gasteiger partial charge in [-0.3, -0.25) is 0 Å². The van der Waals surface area contributed by atoms with Gasteiger partial charge in [0.05, 0.1) is 0 Å². The van der Waals surface area contributed by atoms with E-state index >= 15 is 0 Å². The molecule has 0 unspecified atom stereocenters. The first-order valence-corrected chi connectivity index (χ1v) is 18.2. The Kier molecular flexibility index (Phi) is 6.02. The summed E-state index contributed by atoms with van der Waals surface area (Å²) in [6, 6.07) is 59.6. The molecule has 0 N–H and O–H groups in total. The summed E-state index contributed by atoms with van der Waals surface area (Å²) in [7, 11) is 0. The highest BCUT2D eigenvalue weighted by Gasteiger charge is 2.27. The van der Waals surface area contributed by atoms with Crippen molar-refractivity contribution < 1.29 is 8.83 Å². The summed E-state index contributed by atoms with van der Waals surface area (Å²) >= 11 is 0. The number of rotatable bonds is 4. The van der Waals surface area contributed by atoms with Gasteiger partial charge in [0, 0.05) is 38.1 Å². The Balaban J connectivity index is 0.982. The van der Waals surface area contributed by atoms with Crippen LogP contribution in [0.2, 0.25) is 0 Å². The van der Waals surface area contributed by atoms with E-state index < -0.39 is 0 Å². The molecule has 8 aromatic carbocycles. The number of nitrogens with zero attached hydrogens (tertiary/aromatic N) is 2. The van der Waals surface area contributed by atoms with Gasteiger partial charge < -0.3 is 8.83 Å². The van der Waals surface area contributed by atoms with E-state index in [1.165, 1.54) is 38.8 Å². The van der Waals surface area contributed by atoms with Crippen molar-refractivity contribution in [3.63, 3.8) is 0 Å². The van der Waals surface area contributed by atoms with Crippen molar-refractivity contribution in [3.8, 4) is 67.2 Å². The second-order valence-electron chi connectivity index (χ2n) is 14.0. The predicted octanol–water partition coefficient (Wildman–Crippen LogP) is 13.7. The first kappa shape index (κ1) is 29.3. The van der Waals surface area contributed by atoms with E-state index in [-0.39, 0.29) is 0 Å². The van der Waals surface area contributed by atoms with E-state index in [0.717, 1.165) is 71.8 Å². The fourth-order valence-electron chi connectivity index (χ4n) is 8.55. The van der Waals surface area contributed by atoms with Gasteiger partial charge in [-0.2, -0.15) is 0 Å². The summed E-state index contributed by atoms with van der Waals surface area (Å²) in [5, 5.41) is 5.68. The fourth-order valence-corrected chi connectivity index (χ4v) is 8.55. The molecule has 0 saturated heterocycles. The number of hydrogen-bond acceptors (Lipinski definition) is 4. The molecular weight excluding hydrogens is 661 g/mol. The maximum absolute atomic E-state index is 6.46. The largest absolute Gasteiger partial charge is 0.455 e. The number of aromatic nitrogens is 2. The van der Waals surface area contributed by atoms with Crippen LogP contribution in [0, 0.1) is 0 Å². The van der Waals surface area contributed by atoms with Gasteiger partial charge in [-0.25, -0.2) is 9.97 Å². The second kappa shape index (κ2) is 11.1. The maximum atomic E-state index is 6.46. The molecule has 250 valence electrons. The normalized spacial score (nSPS) is 12.1. The minimum Gasteiger partial charge on any atom is -0.455 e. The van der Waals surface area contributed by atoms with Crippen LogP contribution in [-0.2, 0) is 0 Å². The quantitative estimate of drug-likeness (QED) is 0.185. The number of benzene rings is 8. The number of hydrogen-bond donors (Lipinski definition) is 0. The van der Waals surface area contributed by atoms with Crippen LogP contribution in [-0.4, -0.2) is 9.97 Å². The molecule has 3 heterocycles. The van der Waals surface area contributed by atoms with Crippen LogP contribution in [0.5, 0.6) is 0 Å². The minimum absolute atomic E-state index is 0.660. The Hall–Kier alpha value is -7.30. The average molecular weight is 689 g/mol. The van der Waals surface area contributed by atoms with Crippen LogP contribution in [0.4, 0.5) is 0 Å². The van der Waals surface area contributed by atoms with E-state index in [4.69, 9.17) is 18.8 Å². The van der Waals surface area contributed by atoms with Gasteiger partial charge in [0.15, 0.2) is 11.4 Å². The smallest absolute Gasteiger partial charge is 0.180 e. The summed E-state index contributed by atoms with van der Waals surface area (Å²) < 4.78 is 12.9. The van der Waals surface area contributed by atoms with Gasteiger partial charge in [-0.05, 0) is 68.8 Å². The topological polar surface area (TPSA) is 52.1 Å². The Morgan fingerprint density at radius 2 is 0.944 bits per heavy atom. The van der Waals surface area contributed by atoms with Crippen LogP contribution >= 0.6 is 0 Å². The van der Waals surface area contributed by atoms with E-state index in [1.807, 2.05) is 30.3 Å². The van der Waals surface area contributed by atoms with Crippen molar-refractivity contribution in [1.82, 2.24) is 9.97 Å². The predicted molar refractivity (Wildman–Crippen MR) is 220 cm³/mol. The zero-order valence-electron chi connectivity index (χ0n) is 28.9. The summed E-state index contributed by atoms with van der Waals surface area (Å²) in [6.45, 7) is 0. The highest BCUT2D eigenvalue weighted by molar-refractivity contribution is 6.27. The van der Waals surface area contributed by atoms with E-state index in [0.29, 0.717) is 11.4 Å². The van der Waals surface area contributed by atoms with Crippen molar-refractivity contribution in [2.45, 2.75) is 0 Å². The van der Waals surface area contributed by atoms with Crippen LogP contribution in [0.15, 0.2) is 179 Å². The van der Waals surface area contributed by atoms with Crippen molar-refractivity contribution >= 4 is 54.8 Å². The molecule has 11 aromatic rings. The van der Waals surface area contributed by atoms with Crippen molar-refractivity contribution in [2.75, 3.05) is 0 Å². The van der Waals surface area contributed by atoms with Crippen LogP contribution in [0.1, 0.15) is 0 Å². The Morgan fingerprint density at radius 1 is 0.352 bits per heavy atom. The lowest BCUT2D eigenvalue weighted by molar-refractivity contribution is 0.667. The molecule has 0 bridgehead atoms. The monoisotopic (exact) mass is 688 g/mol. The van der Waals surface area contributed by atoms with Crippen molar-refractivity contribution in [1.29, 1.82) is 0 Å². The number of furan rings is 2. The molecule has 0 atom stereocenters. The first-order valence-electron chi connectivity index (χ1n) is 18.2. The second-order valence-corrected chi connectivity index (χ2v) is 14.0. The maximum Gasteiger partial charge on any atom is 0.180 e. The zero-order valence-corrected chi connectivity index (χ0v) is 28.9. The zero-order chi connectivity index (χ0) is 35.3. The number of para-hydroxylation sites is 2. The standard InChI is InChI=1S/C50H28N2O2/c1-2-10-29(11-3-1)30-20-24-32(25-21-30)46-49-47(37-13-5-7-19-43(37)54-49)52-50(51-46)33-26-22-31(23-27-33)34-14-8-15-36-40-28-41-35-12-4-6-18-42(35)53-48(41)39-17-9-16-38(44(34)36)45(39)40/h1-28H. The summed E-state index contributed by atoms with van der Waals surface area (Å²) in [4.78, 5) is 10.3. The minimum atomic E-state index is 0.660. The van der Waals surface area contributed by atoms with Crippen LogP contribution in [0.3, 0.4) is 0 Å². The summed E-state index contributed by atoms with van der Waals surface area (Å²) in [5.74, 6) is 0.660. The van der Waals surface area contributed by atoms with Crippen LogP contribution < -0.4 is 0 Å². The molecular formula is C50H28N2O2. The summed E-state index contributed by atoms with van der Waals surface area (Å²) in [5.41, 5.74) is 16.5. The third kappa shape index (κ3) is 4.19. The van der Waals surface area contributed by atoms with Gasteiger partial charge in [-0.1, -0.05) is 146 Å². The van der Waals surface area contributed by atoms with Crippen LogP contribution in [0.25, 0.3) is 122 Å². The molecule has 0 saturated carbocycles. The molecule has 0 fully saturated rings. The molecule has 1 aliphatic rings. The molecule has 0 radical (unpaired) electrons. The molecule has 4 heteroatoms. The lowest BCUT2D eigenvalue weighted by Gasteiger charge is -2.12. The SMILES string of the molecule is c1ccc(-c2ccc(-c3nc(-c4ccc(-c5cccc6c5-c5cccc7c5c-6cc5c6ccccc6oc75)cc4)nc4c3oc3ccccc34)cc2)cc1. The molecule has 3 aromatic heterocycles. The Morgan fingerprint density at radius 3 is 1.78 bits per heavy atom. The lowest BCUT2D eigenvalue weighted by atomic mass is 9.93. The van der Waals surface area contributed by atoms with Gasteiger partial charge in [0.25, 0.3) is 0 Å². The first-order chi connectivity index (χ1) is 26.8. The highest BCUT2D eigenvalue weighted by Crippen LogP contribution is 2.53. The van der Waals surface area contributed by atoms with E-state index in [1.54, 1.807) is 0 Å². The lowest BCUT2D eigenvalue weighted by Crippen LogP contribution is -1.94. The van der Waals surface area contributed by atoms with Gasteiger partial charge in [-0.15, -0.1) is 0 Å². The van der Waals surface area contributed by atoms with Gasteiger partial charge in [0.1, 0.15) is 28.0 Å².